The van der Waals surface area contributed by atoms with Gasteiger partial charge in [0.1, 0.15) is 12.2 Å². The van der Waals surface area contributed by atoms with Gasteiger partial charge in [0.15, 0.2) is 0 Å². The lowest BCUT2D eigenvalue weighted by Crippen LogP contribution is -2.30. The monoisotopic (exact) mass is 212 g/mol. The Bertz CT molecular complexity index is 228. The maximum Gasteiger partial charge on any atom is 0.400 e. The molecule has 6 nitrogen and oxygen atoms in total. The van der Waals surface area contributed by atoms with E-state index in [-0.39, 0.29) is 13.2 Å². The third-order valence-corrected chi connectivity index (χ3v) is 2.53. The van der Waals surface area contributed by atoms with Crippen LogP contribution in [0.25, 0.3) is 0 Å². The molecule has 0 aromatic rings. The Morgan fingerprint density at radius 1 is 1.08 bits per heavy atom. The third-order valence-electron chi connectivity index (χ3n) is 1.56. The van der Waals surface area contributed by atoms with Crippen LogP contribution in [-0.4, -0.2) is 48.1 Å². The van der Waals surface area contributed by atoms with Crippen molar-refractivity contribution in [3.63, 3.8) is 0 Å². The smallest absolute Gasteiger partial charge is 0.382 e. The highest BCUT2D eigenvalue weighted by molar-refractivity contribution is 7.82. The van der Waals surface area contributed by atoms with Crippen LogP contribution >= 0.6 is 0 Å². The van der Waals surface area contributed by atoms with E-state index in [1.807, 2.05) is 0 Å². The minimum atomic E-state index is -3.85. The van der Waals surface area contributed by atoms with E-state index < -0.39 is 22.6 Å². The second kappa shape index (κ2) is 4.34. The van der Waals surface area contributed by atoms with Crippen molar-refractivity contribution in [3.05, 3.63) is 0 Å². The standard InChI is InChI=1S/C6H12O6S/c1-9-3-5-6(4-10-2)12-13(7,8)11-5/h5-6H,3-4H2,1-2H3/t5-,6-/m0/s1. The zero-order valence-corrected chi connectivity index (χ0v) is 8.24. The van der Waals surface area contributed by atoms with Crippen molar-refractivity contribution in [3.8, 4) is 0 Å². The van der Waals surface area contributed by atoms with E-state index in [1.54, 1.807) is 0 Å². The molecule has 2 atom stereocenters. The second-order valence-corrected chi connectivity index (χ2v) is 3.79. The van der Waals surface area contributed by atoms with Gasteiger partial charge in [-0.05, 0) is 0 Å². The highest BCUT2D eigenvalue weighted by Crippen LogP contribution is 2.20. The number of hydrogen-bond donors (Lipinski definition) is 0. The van der Waals surface area contributed by atoms with Gasteiger partial charge in [-0.3, -0.25) is 0 Å². The highest BCUT2D eigenvalue weighted by atomic mass is 32.3. The molecule has 0 aliphatic carbocycles. The van der Waals surface area contributed by atoms with Crippen LogP contribution in [0.3, 0.4) is 0 Å². The van der Waals surface area contributed by atoms with E-state index in [2.05, 4.69) is 8.37 Å². The fourth-order valence-electron chi connectivity index (χ4n) is 1.05. The van der Waals surface area contributed by atoms with Crippen LogP contribution in [0.2, 0.25) is 0 Å². The molecule has 1 fully saturated rings. The van der Waals surface area contributed by atoms with Crippen LogP contribution in [0.1, 0.15) is 0 Å². The first-order valence-corrected chi connectivity index (χ1v) is 5.02. The molecule has 0 radical (unpaired) electrons. The van der Waals surface area contributed by atoms with Crippen molar-refractivity contribution in [2.24, 2.45) is 0 Å². The van der Waals surface area contributed by atoms with E-state index >= 15 is 0 Å². The molecular weight excluding hydrogens is 200 g/mol. The summed E-state index contributed by atoms with van der Waals surface area (Å²) in [5.74, 6) is 0. The normalized spacial score (nSPS) is 32.2. The Morgan fingerprint density at radius 2 is 1.46 bits per heavy atom. The van der Waals surface area contributed by atoms with Gasteiger partial charge in [-0.1, -0.05) is 0 Å². The fourth-order valence-corrected chi connectivity index (χ4v) is 2.06. The molecule has 0 spiro atoms. The molecule has 7 heteroatoms. The average Bonchev–Trinajstić information content (AvgIpc) is 2.28. The minimum Gasteiger partial charge on any atom is -0.382 e. The largest absolute Gasteiger partial charge is 0.400 e. The van der Waals surface area contributed by atoms with Crippen LogP contribution in [-0.2, 0) is 28.2 Å². The number of rotatable bonds is 4. The third kappa shape index (κ3) is 2.89. The SMILES string of the molecule is COC[C@@H]1OS(=O)(=O)O[C@H]1COC. The van der Waals surface area contributed by atoms with Crippen molar-refractivity contribution in [1.29, 1.82) is 0 Å². The van der Waals surface area contributed by atoms with Crippen molar-refractivity contribution in [2.75, 3.05) is 27.4 Å². The predicted molar refractivity (Wildman–Crippen MR) is 42.4 cm³/mol. The molecule has 0 N–H and O–H groups in total. The maximum absolute atomic E-state index is 10.8. The molecule has 1 heterocycles. The van der Waals surface area contributed by atoms with Gasteiger partial charge in [0.05, 0.1) is 13.2 Å². The maximum atomic E-state index is 10.8. The summed E-state index contributed by atoms with van der Waals surface area (Å²) in [6, 6.07) is 0. The Kier molecular flexibility index (Phi) is 3.63. The molecule has 0 aromatic heterocycles. The van der Waals surface area contributed by atoms with E-state index in [1.165, 1.54) is 14.2 Å². The molecule has 1 rings (SSSR count). The number of methoxy groups -OCH3 is 2. The molecule has 1 saturated heterocycles. The molecule has 0 bridgehead atoms. The molecule has 78 valence electrons. The van der Waals surface area contributed by atoms with Crippen molar-refractivity contribution in [2.45, 2.75) is 12.2 Å². The van der Waals surface area contributed by atoms with Crippen LogP contribution in [0, 0.1) is 0 Å². The Morgan fingerprint density at radius 3 is 1.77 bits per heavy atom. The van der Waals surface area contributed by atoms with Crippen LogP contribution < -0.4 is 0 Å². The molecule has 0 unspecified atom stereocenters. The lowest BCUT2D eigenvalue weighted by atomic mass is 10.2. The zero-order chi connectivity index (χ0) is 9.90. The molecule has 0 saturated carbocycles. The summed E-state index contributed by atoms with van der Waals surface area (Å²) in [6.45, 7) is 0.320. The molecular formula is C6H12O6S. The molecule has 13 heavy (non-hydrogen) atoms. The lowest BCUT2D eigenvalue weighted by molar-refractivity contribution is 0.0219. The fraction of sp³-hybridized carbons (Fsp3) is 1.00. The highest BCUT2D eigenvalue weighted by Gasteiger charge is 2.39. The van der Waals surface area contributed by atoms with Crippen LogP contribution in [0.4, 0.5) is 0 Å². The summed E-state index contributed by atoms with van der Waals surface area (Å²) < 4.78 is 40.4. The first-order chi connectivity index (χ1) is 6.09. The summed E-state index contributed by atoms with van der Waals surface area (Å²) in [4.78, 5) is 0. The first kappa shape index (κ1) is 10.9. The van der Waals surface area contributed by atoms with Gasteiger partial charge in [-0.15, -0.1) is 0 Å². The van der Waals surface area contributed by atoms with Crippen LogP contribution in [0.15, 0.2) is 0 Å². The van der Waals surface area contributed by atoms with Gasteiger partial charge in [0, 0.05) is 14.2 Å². The molecule has 1 aliphatic rings. The van der Waals surface area contributed by atoms with Crippen molar-refractivity contribution in [1.82, 2.24) is 0 Å². The van der Waals surface area contributed by atoms with E-state index in [9.17, 15) is 8.42 Å². The van der Waals surface area contributed by atoms with E-state index in [0.717, 1.165) is 0 Å². The van der Waals surface area contributed by atoms with Gasteiger partial charge in [-0.2, -0.15) is 8.42 Å². The Hall–Kier alpha value is -0.210. The molecule has 0 amide bonds. The van der Waals surface area contributed by atoms with Crippen LogP contribution in [0.5, 0.6) is 0 Å². The van der Waals surface area contributed by atoms with Gasteiger partial charge in [0.2, 0.25) is 0 Å². The summed E-state index contributed by atoms with van der Waals surface area (Å²) in [5.41, 5.74) is 0. The van der Waals surface area contributed by atoms with Gasteiger partial charge < -0.3 is 9.47 Å². The summed E-state index contributed by atoms with van der Waals surface area (Å²) in [7, 11) is -0.936. The average molecular weight is 212 g/mol. The van der Waals surface area contributed by atoms with Crippen molar-refractivity contribution < 1.29 is 26.3 Å². The summed E-state index contributed by atoms with van der Waals surface area (Å²) in [5, 5.41) is 0. The van der Waals surface area contributed by atoms with E-state index in [4.69, 9.17) is 9.47 Å². The minimum absolute atomic E-state index is 0.160. The summed E-state index contributed by atoms with van der Waals surface area (Å²) in [6.07, 6.45) is -1.23. The van der Waals surface area contributed by atoms with Gasteiger partial charge in [-0.25, -0.2) is 8.37 Å². The van der Waals surface area contributed by atoms with E-state index in [0.29, 0.717) is 0 Å². The predicted octanol–water partition coefficient (Wildman–Crippen LogP) is -0.692. The van der Waals surface area contributed by atoms with Gasteiger partial charge in [0.25, 0.3) is 0 Å². The number of hydrogen-bond acceptors (Lipinski definition) is 6. The Labute approximate surface area is 77.1 Å². The molecule has 1 aliphatic heterocycles. The summed E-state index contributed by atoms with van der Waals surface area (Å²) >= 11 is 0. The first-order valence-electron chi connectivity index (χ1n) is 3.68. The topological polar surface area (TPSA) is 71.1 Å². The van der Waals surface area contributed by atoms with Gasteiger partial charge >= 0.3 is 10.4 Å². The zero-order valence-electron chi connectivity index (χ0n) is 7.43. The van der Waals surface area contributed by atoms with Crippen molar-refractivity contribution >= 4 is 10.4 Å². The Balaban J connectivity index is 2.60. The molecule has 0 aromatic carbocycles. The quantitative estimate of drug-likeness (QED) is 0.614. The number of ether oxygens (including phenoxy) is 2. The second-order valence-electron chi connectivity index (χ2n) is 2.59. The lowest BCUT2D eigenvalue weighted by Gasteiger charge is -2.11.